The topological polar surface area (TPSA) is 34.1 Å². The average Bonchev–Trinajstić information content (AvgIpc) is 2.47. The molecule has 2 aromatic rings. The maximum atomic E-state index is 5.31. The van der Waals surface area contributed by atoms with Crippen molar-refractivity contribution in [2.45, 2.75) is 31.9 Å². The van der Waals surface area contributed by atoms with Crippen LogP contribution in [0.1, 0.15) is 31.4 Å². The second-order valence-corrected chi connectivity index (χ2v) is 4.92. The zero-order chi connectivity index (χ0) is 13.7. The Balaban J connectivity index is 2.15. The summed E-state index contributed by atoms with van der Waals surface area (Å²) >= 11 is 0. The van der Waals surface area contributed by atoms with Crippen LogP contribution in [0.3, 0.4) is 0 Å². The first-order valence-electron chi connectivity index (χ1n) is 6.79. The SMILES string of the molecule is CNC(CCC(C)OC)c1ccc2ncccc2c1. The lowest BCUT2D eigenvalue weighted by Gasteiger charge is -2.19. The predicted octanol–water partition coefficient (Wildman–Crippen LogP) is 3.31. The maximum absolute atomic E-state index is 5.31. The normalized spacial score (nSPS) is 14.5. The molecule has 0 fully saturated rings. The van der Waals surface area contributed by atoms with Crippen LogP contribution in [0, 0.1) is 0 Å². The van der Waals surface area contributed by atoms with Gasteiger partial charge in [-0.15, -0.1) is 0 Å². The van der Waals surface area contributed by atoms with Crippen LogP contribution < -0.4 is 5.32 Å². The summed E-state index contributed by atoms with van der Waals surface area (Å²) in [6.07, 6.45) is 4.25. The quantitative estimate of drug-likeness (QED) is 0.863. The highest BCUT2D eigenvalue weighted by Gasteiger charge is 2.11. The van der Waals surface area contributed by atoms with Crippen LogP contribution in [0.4, 0.5) is 0 Å². The van der Waals surface area contributed by atoms with E-state index in [0.29, 0.717) is 12.1 Å². The lowest BCUT2D eigenvalue weighted by molar-refractivity contribution is 0.106. The van der Waals surface area contributed by atoms with Crippen LogP contribution in [0.15, 0.2) is 36.5 Å². The summed E-state index contributed by atoms with van der Waals surface area (Å²) in [4.78, 5) is 4.35. The van der Waals surface area contributed by atoms with Gasteiger partial charge < -0.3 is 10.1 Å². The summed E-state index contributed by atoms with van der Waals surface area (Å²) in [6, 6.07) is 10.9. The van der Waals surface area contributed by atoms with Crippen molar-refractivity contribution < 1.29 is 4.74 Å². The highest BCUT2D eigenvalue weighted by molar-refractivity contribution is 5.79. The molecule has 19 heavy (non-hydrogen) atoms. The molecule has 0 amide bonds. The van der Waals surface area contributed by atoms with Gasteiger partial charge in [-0.2, -0.15) is 0 Å². The van der Waals surface area contributed by atoms with E-state index in [0.717, 1.165) is 18.4 Å². The third kappa shape index (κ3) is 3.52. The van der Waals surface area contributed by atoms with Gasteiger partial charge in [0.2, 0.25) is 0 Å². The molecule has 0 saturated carbocycles. The Labute approximate surface area is 115 Å². The summed E-state index contributed by atoms with van der Waals surface area (Å²) in [6.45, 7) is 2.11. The molecule has 1 aromatic carbocycles. The van der Waals surface area contributed by atoms with Crippen molar-refractivity contribution in [3.05, 3.63) is 42.1 Å². The number of nitrogens with one attached hydrogen (secondary N) is 1. The van der Waals surface area contributed by atoms with Gasteiger partial charge in [0, 0.05) is 24.7 Å². The molecular formula is C16H22N2O. The second-order valence-electron chi connectivity index (χ2n) is 4.92. The van der Waals surface area contributed by atoms with Crippen LogP contribution in [0.5, 0.6) is 0 Å². The molecule has 0 radical (unpaired) electrons. The summed E-state index contributed by atoms with van der Waals surface area (Å²) < 4.78 is 5.31. The Morgan fingerprint density at radius 1 is 1.26 bits per heavy atom. The third-order valence-corrected chi connectivity index (χ3v) is 3.64. The minimum Gasteiger partial charge on any atom is -0.382 e. The van der Waals surface area contributed by atoms with Gasteiger partial charge in [0.1, 0.15) is 0 Å². The van der Waals surface area contributed by atoms with Crippen LogP contribution >= 0.6 is 0 Å². The maximum Gasteiger partial charge on any atom is 0.0702 e. The molecule has 0 aliphatic carbocycles. The fourth-order valence-electron chi connectivity index (χ4n) is 2.31. The minimum absolute atomic E-state index is 0.304. The molecule has 3 heteroatoms. The third-order valence-electron chi connectivity index (χ3n) is 3.64. The minimum atomic E-state index is 0.304. The number of rotatable bonds is 6. The van der Waals surface area contributed by atoms with E-state index in [9.17, 15) is 0 Å². The molecule has 2 unspecified atom stereocenters. The summed E-state index contributed by atoms with van der Waals surface area (Å²) in [7, 11) is 3.77. The second kappa shape index (κ2) is 6.64. The van der Waals surface area contributed by atoms with Gasteiger partial charge in [0.15, 0.2) is 0 Å². The van der Waals surface area contributed by atoms with Crippen molar-refractivity contribution in [2.24, 2.45) is 0 Å². The molecule has 0 aliphatic rings. The number of ether oxygens (including phenoxy) is 1. The Hall–Kier alpha value is -1.45. The summed E-state index contributed by atoms with van der Waals surface area (Å²) in [5, 5.41) is 4.58. The number of hydrogen-bond acceptors (Lipinski definition) is 3. The Bertz CT molecular complexity index is 527. The van der Waals surface area contributed by atoms with Crippen molar-refractivity contribution in [1.29, 1.82) is 0 Å². The number of benzene rings is 1. The van der Waals surface area contributed by atoms with Gasteiger partial charge in [-0.05, 0) is 50.6 Å². The van der Waals surface area contributed by atoms with Crippen molar-refractivity contribution in [3.63, 3.8) is 0 Å². The molecule has 2 rings (SSSR count). The fourth-order valence-corrected chi connectivity index (χ4v) is 2.31. The number of fused-ring (bicyclic) bond motifs is 1. The molecule has 1 N–H and O–H groups in total. The molecule has 0 bridgehead atoms. The Morgan fingerprint density at radius 3 is 2.84 bits per heavy atom. The van der Waals surface area contributed by atoms with Crippen molar-refractivity contribution in [1.82, 2.24) is 10.3 Å². The average molecular weight is 258 g/mol. The van der Waals surface area contributed by atoms with Crippen LogP contribution in [-0.2, 0) is 4.74 Å². The van der Waals surface area contributed by atoms with E-state index in [-0.39, 0.29) is 0 Å². The number of nitrogens with zero attached hydrogens (tertiary/aromatic N) is 1. The van der Waals surface area contributed by atoms with E-state index in [1.165, 1.54) is 10.9 Å². The van der Waals surface area contributed by atoms with Crippen LogP contribution in [-0.4, -0.2) is 25.2 Å². The standard InChI is InChI=1S/C16H22N2O/c1-12(19-3)6-8-15(17-2)14-7-9-16-13(11-14)5-4-10-18-16/h4-5,7,9-12,15,17H,6,8H2,1-3H3. The number of pyridine rings is 1. The Morgan fingerprint density at radius 2 is 2.11 bits per heavy atom. The van der Waals surface area contributed by atoms with Crippen LogP contribution in [0.2, 0.25) is 0 Å². The first-order valence-corrected chi connectivity index (χ1v) is 6.79. The van der Waals surface area contributed by atoms with E-state index < -0.39 is 0 Å². The molecule has 2 atom stereocenters. The zero-order valence-electron chi connectivity index (χ0n) is 11.9. The van der Waals surface area contributed by atoms with Gasteiger partial charge in [-0.25, -0.2) is 0 Å². The van der Waals surface area contributed by atoms with Gasteiger partial charge in [-0.3, -0.25) is 4.98 Å². The lowest BCUT2D eigenvalue weighted by atomic mass is 9.99. The lowest BCUT2D eigenvalue weighted by Crippen LogP contribution is -2.18. The number of aromatic nitrogens is 1. The van der Waals surface area contributed by atoms with Crippen LogP contribution in [0.25, 0.3) is 10.9 Å². The van der Waals surface area contributed by atoms with Crippen molar-refractivity contribution >= 4 is 10.9 Å². The van der Waals surface area contributed by atoms with E-state index >= 15 is 0 Å². The van der Waals surface area contributed by atoms with Crippen molar-refractivity contribution in [3.8, 4) is 0 Å². The van der Waals surface area contributed by atoms with Gasteiger partial charge in [-0.1, -0.05) is 12.1 Å². The highest BCUT2D eigenvalue weighted by atomic mass is 16.5. The first kappa shape index (κ1) is 14.0. The fraction of sp³-hybridized carbons (Fsp3) is 0.438. The molecule has 102 valence electrons. The van der Waals surface area contributed by atoms with Gasteiger partial charge in [0.05, 0.1) is 11.6 Å². The van der Waals surface area contributed by atoms with E-state index in [4.69, 9.17) is 4.74 Å². The molecule has 1 aromatic heterocycles. The van der Waals surface area contributed by atoms with E-state index in [2.05, 4.69) is 41.5 Å². The smallest absolute Gasteiger partial charge is 0.0702 e. The number of methoxy groups -OCH3 is 1. The summed E-state index contributed by atoms with van der Waals surface area (Å²) in [5.74, 6) is 0. The monoisotopic (exact) mass is 258 g/mol. The molecule has 0 saturated heterocycles. The van der Waals surface area contributed by atoms with Crippen molar-refractivity contribution in [2.75, 3.05) is 14.2 Å². The molecular weight excluding hydrogens is 236 g/mol. The van der Waals surface area contributed by atoms with Gasteiger partial charge in [0.25, 0.3) is 0 Å². The first-order chi connectivity index (χ1) is 9.24. The van der Waals surface area contributed by atoms with Gasteiger partial charge >= 0.3 is 0 Å². The molecule has 1 heterocycles. The Kier molecular flexibility index (Phi) is 4.88. The van der Waals surface area contributed by atoms with E-state index in [1.807, 2.05) is 19.3 Å². The molecule has 0 spiro atoms. The van der Waals surface area contributed by atoms with E-state index in [1.54, 1.807) is 7.11 Å². The summed E-state index contributed by atoms with van der Waals surface area (Å²) in [5.41, 5.74) is 2.36. The predicted molar refractivity (Wildman–Crippen MR) is 79.2 cm³/mol. The number of hydrogen-bond donors (Lipinski definition) is 1. The molecule has 0 aliphatic heterocycles. The molecule has 3 nitrogen and oxygen atoms in total. The highest BCUT2D eigenvalue weighted by Crippen LogP contribution is 2.23. The zero-order valence-corrected chi connectivity index (χ0v) is 11.9. The largest absolute Gasteiger partial charge is 0.382 e.